The lowest BCUT2D eigenvalue weighted by atomic mass is 10.0. The maximum Gasteiger partial charge on any atom is 0.319 e. The van der Waals surface area contributed by atoms with E-state index in [1.54, 1.807) is 26.1 Å². The SMILES string of the molecule is CC(C)(Sc1nc2ncccc2n1-c1ccc(C#N)c2ccccc12)C(=O)O. The number of aromatic nitrogens is 3. The van der Waals surface area contributed by atoms with Crippen LogP contribution in [0.1, 0.15) is 19.4 Å². The quantitative estimate of drug-likeness (QED) is 0.521. The van der Waals surface area contributed by atoms with E-state index in [0.717, 1.165) is 22.0 Å². The average Bonchev–Trinajstić information content (AvgIpc) is 3.04. The number of rotatable bonds is 4. The van der Waals surface area contributed by atoms with E-state index in [-0.39, 0.29) is 0 Å². The Kier molecular flexibility index (Phi) is 4.28. The van der Waals surface area contributed by atoms with Crippen LogP contribution in [0.15, 0.2) is 59.9 Å². The molecule has 2 aromatic heterocycles. The standard InChI is InChI=1S/C21H16N4O2S/c1-21(2,19(26)27)28-20-24-18-17(8-5-11-23-18)25(20)16-10-9-13(12-22)14-6-3-4-7-15(14)16/h3-11H,1-2H3,(H,26,27). The monoisotopic (exact) mass is 388 g/mol. The molecule has 0 atom stereocenters. The Morgan fingerprint density at radius 1 is 1.14 bits per heavy atom. The molecule has 4 aromatic rings. The molecule has 0 spiro atoms. The largest absolute Gasteiger partial charge is 0.480 e. The van der Waals surface area contributed by atoms with Crippen molar-refractivity contribution in [1.82, 2.24) is 14.5 Å². The van der Waals surface area contributed by atoms with Crippen LogP contribution in [0.25, 0.3) is 27.6 Å². The second-order valence-electron chi connectivity index (χ2n) is 6.78. The van der Waals surface area contributed by atoms with E-state index in [4.69, 9.17) is 0 Å². The molecule has 0 aliphatic carbocycles. The average molecular weight is 388 g/mol. The Morgan fingerprint density at radius 3 is 2.61 bits per heavy atom. The number of nitrogens with zero attached hydrogens (tertiary/aromatic N) is 4. The molecule has 1 N–H and O–H groups in total. The molecule has 0 aliphatic heterocycles. The summed E-state index contributed by atoms with van der Waals surface area (Å²) >= 11 is 1.17. The van der Waals surface area contributed by atoms with Crippen LogP contribution >= 0.6 is 11.8 Å². The van der Waals surface area contributed by atoms with Crippen LogP contribution in [-0.2, 0) is 4.79 Å². The van der Waals surface area contributed by atoms with Gasteiger partial charge in [-0.1, -0.05) is 36.0 Å². The van der Waals surface area contributed by atoms with Gasteiger partial charge in [-0.05, 0) is 38.1 Å². The number of carbonyl (C=O) groups is 1. The molecule has 4 rings (SSSR count). The molecular formula is C21H16N4O2S. The molecule has 0 radical (unpaired) electrons. The second kappa shape index (κ2) is 6.66. The second-order valence-corrected chi connectivity index (χ2v) is 8.37. The van der Waals surface area contributed by atoms with Crippen molar-refractivity contribution in [3.63, 3.8) is 0 Å². The molecular weight excluding hydrogens is 372 g/mol. The molecule has 0 unspecified atom stereocenters. The zero-order valence-electron chi connectivity index (χ0n) is 15.2. The van der Waals surface area contributed by atoms with Crippen LogP contribution in [0.5, 0.6) is 0 Å². The number of pyridine rings is 1. The molecule has 2 aromatic carbocycles. The van der Waals surface area contributed by atoms with Crippen LogP contribution in [0.2, 0.25) is 0 Å². The van der Waals surface area contributed by atoms with Crippen LogP contribution < -0.4 is 0 Å². The number of nitriles is 1. The number of thioether (sulfide) groups is 1. The van der Waals surface area contributed by atoms with Crippen LogP contribution in [0.3, 0.4) is 0 Å². The smallest absolute Gasteiger partial charge is 0.319 e. The normalized spacial score (nSPS) is 11.6. The van der Waals surface area contributed by atoms with E-state index < -0.39 is 10.7 Å². The van der Waals surface area contributed by atoms with Gasteiger partial charge < -0.3 is 5.11 Å². The summed E-state index contributed by atoms with van der Waals surface area (Å²) in [6.07, 6.45) is 1.66. The highest BCUT2D eigenvalue weighted by Gasteiger charge is 2.32. The first kappa shape index (κ1) is 18.0. The van der Waals surface area contributed by atoms with Gasteiger partial charge in [0.1, 0.15) is 4.75 Å². The van der Waals surface area contributed by atoms with Crippen molar-refractivity contribution in [3.8, 4) is 11.8 Å². The highest BCUT2D eigenvalue weighted by Crippen LogP contribution is 2.37. The van der Waals surface area contributed by atoms with Gasteiger partial charge in [-0.2, -0.15) is 5.26 Å². The minimum atomic E-state index is -1.07. The van der Waals surface area contributed by atoms with E-state index >= 15 is 0 Å². The van der Waals surface area contributed by atoms with Crippen molar-refractivity contribution in [2.24, 2.45) is 0 Å². The Balaban J connectivity index is 2.04. The molecule has 2 heterocycles. The van der Waals surface area contributed by atoms with Gasteiger partial charge in [0.15, 0.2) is 10.8 Å². The molecule has 7 heteroatoms. The van der Waals surface area contributed by atoms with Gasteiger partial charge in [-0.3, -0.25) is 9.36 Å². The fraction of sp³-hybridized carbons (Fsp3) is 0.143. The fourth-order valence-electron chi connectivity index (χ4n) is 3.04. The summed E-state index contributed by atoms with van der Waals surface area (Å²) in [6.45, 7) is 3.29. The number of hydrogen-bond acceptors (Lipinski definition) is 5. The number of fused-ring (bicyclic) bond motifs is 2. The minimum Gasteiger partial charge on any atom is -0.480 e. The highest BCUT2D eigenvalue weighted by molar-refractivity contribution is 8.01. The molecule has 0 fully saturated rings. The third-order valence-corrected chi connectivity index (χ3v) is 5.67. The third-order valence-electron chi connectivity index (χ3n) is 4.52. The lowest BCUT2D eigenvalue weighted by Crippen LogP contribution is -2.27. The van der Waals surface area contributed by atoms with E-state index in [0.29, 0.717) is 16.4 Å². The lowest BCUT2D eigenvalue weighted by Gasteiger charge is -2.19. The Labute approximate surface area is 165 Å². The molecule has 0 amide bonds. The Bertz CT molecular complexity index is 1270. The molecule has 0 saturated heterocycles. The Morgan fingerprint density at radius 2 is 1.89 bits per heavy atom. The first-order valence-corrected chi connectivity index (χ1v) is 9.42. The first-order valence-electron chi connectivity index (χ1n) is 8.60. The summed E-state index contributed by atoms with van der Waals surface area (Å²) in [5, 5.41) is 21.3. The van der Waals surface area contributed by atoms with Gasteiger partial charge in [-0.15, -0.1) is 0 Å². The zero-order valence-corrected chi connectivity index (χ0v) is 16.1. The predicted octanol–water partition coefficient (Wildman–Crippen LogP) is 4.40. The number of hydrogen-bond donors (Lipinski definition) is 1. The molecule has 138 valence electrons. The van der Waals surface area contributed by atoms with Crippen molar-refractivity contribution in [1.29, 1.82) is 5.26 Å². The molecule has 0 saturated carbocycles. The van der Waals surface area contributed by atoms with Crippen molar-refractivity contribution in [2.75, 3.05) is 0 Å². The van der Waals surface area contributed by atoms with E-state index in [1.165, 1.54) is 11.8 Å². The van der Waals surface area contributed by atoms with Crippen molar-refractivity contribution >= 4 is 39.7 Å². The summed E-state index contributed by atoms with van der Waals surface area (Å²) < 4.78 is 0.850. The molecule has 6 nitrogen and oxygen atoms in total. The number of carboxylic acids is 1. The number of aliphatic carboxylic acids is 1. The lowest BCUT2D eigenvalue weighted by molar-refractivity contribution is -0.138. The van der Waals surface area contributed by atoms with Gasteiger partial charge in [0.05, 0.1) is 22.8 Å². The van der Waals surface area contributed by atoms with E-state index in [2.05, 4.69) is 16.0 Å². The molecule has 28 heavy (non-hydrogen) atoms. The van der Waals surface area contributed by atoms with E-state index in [9.17, 15) is 15.2 Å². The summed E-state index contributed by atoms with van der Waals surface area (Å²) in [6, 6.07) is 17.3. The van der Waals surface area contributed by atoms with Gasteiger partial charge >= 0.3 is 5.97 Å². The predicted molar refractivity (Wildman–Crippen MR) is 109 cm³/mol. The van der Waals surface area contributed by atoms with Gasteiger partial charge in [0.25, 0.3) is 0 Å². The van der Waals surface area contributed by atoms with Crippen LogP contribution in [0.4, 0.5) is 0 Å². The first-order chi connectivity index (χ1) is 13.4. The zero-order chi connectivity index (χ0) is 19.9. The minimum absolute atomic E-state index is 0.538. The van der Waals surface area contributed by atoms with Gasteiger partial charge in [0, 0.05) is 17.0 Å². The summed E-state index contributed by atoms with van der Waals surface area (Å²) in [5.41, 5.74) is 2.73. The summed E-state index contributed by atoms with van der Waals surface area (Å²) in [4.78, 5) is 20.6. The highest BCUT2D eigenvalue weighted by atomic mass is 32.2. The topological polar surface area (TPSA) is 91.8 Å². The maximum absolute atomic E-state index is 11.7. The summed E-state index contributed by atoms with van der Waals surface area (Å²) in [7, 11) is 0. The van der Waals surface area contributed by atoms with Gasteiger partial charge in [0.2, 0.25) is 0 Å². The third kappa shape index (κ3) is 2.88. The van der Waals surface area contributed by atoms with Crippen molar-refractivity contribution < 1.29 is 9.90 Å². The van der Waals surface area contributed by atoms with Crippen LogP contribution in [-0.4, -0.2) is 30.4 Å². The number of carboxylic acid groups (broad SMARTS) is 1. The Hall–Kier alpha value is -3.37. The van der Waals surface area contributed by atoms with Crippen molar-refractivity contribution in [2.45, 2.75) is 23.8 Å². The van der Waals surface area contributed by atoms with Crippen LogP contribution in [0, 0.1) is 11.3 Å². The van der Waals surface area contributed by atoms with Crippen molar-refractivity contribution in [3.05, 3.63) is 60.3 Å². The maximum atomic E-state index is 11.7. The summed E-state index contributed by atoms with van der Waals surface area (Å²) in [5.74, 6) is -0.922. The number of imidazole rings is 1. The van der Waals surface area contributed by atoms with Gasteiger partial charge in [-0.25, -0.2) is 9.97 Å². The molecule has 0 bridgehead atoms. The van der Waals surface area contributed by atoms with E-state index in [1.807, 2.05) is 47.0 Å². The number of benzene rings is 2. The molecule has 0 aliphatic rings. The fourth-order valence-corrected chi connectivity index (χ4v) is 4.01.